The van der Waals surface area contributed by atoms with Crippen LogP contribution in [0.4, 0.5) is 0 Å². The normalized spacial score (nSPS) is 12.4. The molecule has 0 aliphatic rings. The van der Waals surface area contributed by atoms with Gasteiger partial charge in [-0.1, -0.05) is 6.07 Å². The van der Waals surface area contributed by atoms with Crippen LogP contribution in [0.15, 0.2) is 18.2 Å². The molecule has 114 valence electrons. The molecule has 2 N–H and O–H groups in total. The minimum absolute atomic E-state index is 0.0639. The van der Waals surface area contributed by atoms with Crippen LogP contribution in [-0.4, -0.2) is 45.7 Å². The quantitative estimate of drug-likeness (QED) is 0.637. The van der Waals surface area contributed by atoms with Gasteiger partial charge < -0.3 is 24.6 Å². The van der Waals surface area contributed by atoms with Gasteiger partial charge in [0.05, 0.1) is 33.5 Å². The molecule has 0 aliphatic heterocycles. The molecule has 5 nitrogen and oxygen atoms in total. The van der Waals surface area contributed by atoms with E-state index in [0.717, 1.165) is 17.9 Å². The number of methoxy groups -OCH3 is 2. The summed E-state index contributed by atoms with van der Waals surface area (Å²) in [4.78, 5) is 0. The Morgan fingerprint density at radius 3 is 2.70 bits per heavy atom. The lowest BCUT2D eigenvalue weighted by atomic mass is 10.0. The van der Waals surface area contributed by atoms with Crippen molar-refractivity contribution in [2.75, 3.05) is 40.6 Å². The fourth-order valence-corrected chi connectivity index (χ4v) is 1.97. The third-order valence-corrected chi connectivity index (χ3v) is 3.04. The molecule has 5 heteroatoms. The molecule has 0 radical (unpaired) electrons. The van der Waals surface area contributed by atoms with Crippen LogP contribution in [0.1, 0.15) is 24.1 Å². The molecule has 20 heavy (non-hydrogen) atoms. The summed E-state index contributed by atoms with van der Waals surface area (Å²) >= 11 is 0. The summed E-state index contributed by atoms with van der Waals surface area (Å²) in [5.41, 5.74) is 2.22. The van der Waals surface area contributed by atoms with Crippen molar-refractivity contribution in [1.82, 2.24) is 5.32 Å². The molecule has 1 atom stereocenters. The molecule has 0 saturated heterocycles. The molecule has 0 bridgehead atoms. The summed E-state index contributed by atoms with van der Waals surface area (Å²) in [5, 5.41) is 12.0. The highest BCUT2D eigenvalue weighted by Gasteiger charge is 2.09. The average Bonchev–Trinajstić information content (AvgIpc) is 2.47. The molecule has 0 aromatic heterocycles. The summed E-state index contributed by atoms with van der Waals surface area (Å²) in [5.74, 6) is 0.842. The number of hydrogen-bond acceptors (Lipinski definition) is 5. The first-order valence-electron chi connectivity index (χ1n) is 6.80. The minimum Gasteiger partial charge on any atom is -0.496 e. The first-order valence-corrected chi connectivity index (χ1v) is 6.80. The smallest absolute Gasteiger partial charge is 0.124 e. The van der Waals surface area contributed by atoms with Gasteiger partial charge in [0.25, 0.3) is 0 Å². The molecule has 1 rings (SSSR count). The van der Waals surface area contributed by atoms with Crippen LogP contribution in [-0.2, 0) is 16.1 Å². The number of aliphatic hydroxyl groups excluding tert-OH is 1. The molecule has 0 heterocycles. The number of benzene rings is 1. The van der Waals surface area contributed by atoms with Crippen LogP contribution in [0.2, 0.25) is 0 Å². The van der Waals surface area contributed by atoms with E-state index in [0.29, 0.717) is 19.8 Å². The van der Waals surface area contributed by atoms with Crippen molar-refractivity contribution >= 4 is 0 Å². The predicted octanol–water partition coefficient (Wildman–Crippen LogP) is 1.50. The van der Waals surface area contributed by atoms with Gasteiger partial charge in [-0.25, -0.2) is 0 Å². The first kappa shape index (κ1) is 16.9. The Morgan fingerprint density at radius 2 is 2.05 bits per heavy atom. The maximum atomic E-state index is 8.61. The average molecular weight is 283 g/mol. The monoisotopic (exact) mass is 283 g/mol. The molecule has 1 aromatic rings. The molecule has 0 fully saturated rings. The van der Waals surface area contributed by atoms with Crippen LogP contribution in [0, 0.1) is 0 Å². The van der Waals surface area contributed by atoms with Gasteiger partial charge in [-0.2, -0.15) is 0 Å². The fraction of sp³-hybridized carbons (Fsp3) is 0.600. The van der Waals surface area contributed by atoms with Crippen LogP contribution >= 0.6 is 0 Å². The van der Waals surface area contributed by atoms with Crippen LogP contribution in [0.5, 0.6) is 5.75 Å². The molecule has 1 aromatic carbocycles. The Morgan fingerprint density at radius 1 is 1.25 bits per heavy atom. The second-order valence-electron chi connectivity index (χ2n) is 4.52. The summed E-state index contributed by atoms with van der Waals surface area (Å²) < 4.78 is 15.7. The Labute approximate surface area is 120 Å². The van der Waals surface area contributed by atoms with Crippen molar-refractivity contribution in [3.63, 3.8) is 0 Å². The van der Waals surface area contributed by atoms with Crippen molar-refractivity contribution in [2.45, 2.75) is 19.6 Å². The second kappa shape index (κ2) is 9.72. The SMILES string of the molecule is COCc1cc(C(C)NCCOCCO)ccc1OC. The van der Waals surface area contributed by atoms with Crippen molar-refractivity contribution in [3.8, 4) is 5.75 Å². The summed E-state index contributed by atoms with van der Waals surface area (Å²) in [6.07, 6.45) is 0. The number of ether oxygens (including phenoxy) is 3. The summed E-state index contributed by atoms with van der Waals surface area (Å²) in [7, 11) is 3.33. The third kappa shape index (κ3) is 5.46. The summed E-state index contributed by atoms with van der Waals surface area (Å²) in [6.45, 7) is 4.41. The van der Waals surface area contributed by atoms with Crippen molar-refractivity contribution < 1.29 is 19.3 Å². The Kier molecular flexibility index (Phi) is 8.22. The maximum Gasteiger partial charge on any atom is 0.124 e. The van der Waals surface area contributed by atoms with E-state index in [4.69, 9.17) is 19.3 Å². The number of aliphatic hydroxyl groups is 1. The van der Waals surface area contributed by atoms with Gasteiger partial charge in [0.1, 0.15) is 5.75 Å². The largest absolute Gasteiger partial charge is 0.496 e. The Hall–Kier alpha value is -1.14. The second-order valence-corrected chi connectivity index (χ2v) is 4.52. The van der Waals surface area contributed by atoms with Crippen LogP contribution in [0.25, 0.3) is 0 Å². The Balaban J connectivity index is 2.54. The highest BCUT2D eigenvalue weighted by molar-refractivity contribution is 5.38. The fourth-order valence-electron chi connectivity index (χ4n) is 1.97. The van der Waals surface area contributed by atoms with Gasteiger partial charge in [0.15, 0.2) is 0 Å². The molecule has 1 unspecified atom stereocenters. The van der Waals surface area contributed by atoms with Gasteiger partial charge in [0, 0.05) is 25.3 Å². The number of hydrogen-bond donors (Lipinski definition) is 2. The minimum atomic E-state index is 0.0639. The van der Waals surface area contributed by atoms with Gasteiger partial charge in [0.2, 0.25) is 0 Å². The van der Waals surface area contributed by atoms with E-state index < -0.39 is 0 Å². The van der Waals surface area contributed by atoms with E-state index in [-0.39, 0.29) is 12.6 Å². The standard InChI is InChI=1S/C15H25NO4/c1-12(16-6-8-20-9-7-17)13-4-5-15(19-3)14(10-13)11-18-2/h4-5,10,12,16-17H,6-9,11H2,1-3H3. The Bertz CT molecular complexity index is 384. The molecule has 0 aliphatic carbocycles. The third-order valence-electron chi connectivity index (χ3n) is 3.04. The van der Waals surface area contributed by atoms with Crippen molar-refractivity contribution in [1.29, 1.82) is 0 Å². The molecule has 0 saturated carbocycles. The lowest BCUT2D eigenvalue weighted by molar-refractivity contribution is 0.0928. The predicted molar refractivity (Wildman–Crippen MR) is 78.0 cm³/mol. The molecular formula is C15H25NO4. The van der Waals surface area contributed by atoms with E-state index >= 15 is 0 Å². The summed E-state index contributed by atoms with van der Waals surface area (Å²) in [6, 6.07) is 6.32. The zero-order chi connectivity index (χ0) is 14.8. The van der Waals surface area contributed by atoms with Gasteiger partial charge >= 0.3 is 0 Å². The van der Waals surface area contributed by atoms with E-state index in [1.54, 1.807) is 14.2 Å². The zero-order valence-corrected chi connectivity index (χ0v) is 12.5. The van der Waals surface area contributed by atoms with Crippen molar-refractivity contribution in [3.05, 3.63) is 29.3 Å². The molecule has 0 amide bonds. The van der Waals surface area contributed by atoms with Gasteiger partial charge in [-0.05, 0) is 24.6 Å². The molecule has 0 spiro atoms. The molecular weight excluding hydrogens is 258 g/mol. The highest BCUT2D eigenvalue weighted by atomic mass is 16.5. The van der Waals surface area contributed by atoms with E-state index in [9.17, 15) is 0 Å². The highest BCUT2D eigenvalue weighted by Crippen LogP contribution is 2.23. The van der Waals surface area contributed by atoms with Crippen LogP contribution < -0.4 is 10.1 Å². The maximum absolute atomic E-state index is 8.61. The van der Waals surface area contributed by atoms with Gasteiger partial charge in [-0.15, -0.1) is 0 Å². The van der Waals surface area contributed by atoms with E-state index in [2.05, 4.69) is 18.3 Å². The lowest BCUT2D eigenvalue weighted by Gasteiger charge is -2.17. The zero-order valence-electron chi connectivity index (χ0n) is 12.5. The number of nitrogens with one attached hydrogen (secondary N) is 1. The topological polar surface area (TPSA) is 60.0 Å². The number of rotatable bonds is 10. The van der Waals surface area contributed by atoms with Gasteiger partial charge in [-0.3, -0.25) is 0 Å². The van der Waals surface area contributed by atoms with Crippen LogP contribution in [0.3, 0.4) is 0 Å². The van der Waals surface area contributed by atoms with E-state index in [1.807, 2.05) is 12.1 Å². The van der Waals surface area contributed by atoms with Crippen molar-refractivity contribution in [2.24, 2.45) is 0 Å². The lowest BCUT2D eigenvalue weighted by Crippen LogP contribution is -2.23. The van der Waals surface area contributed by atoms with E-state index in [1.165, 1.54) is 5.56 Å². The first-order chi connectivity index (χ1) is 9.72.